The van der Waals surface area contributed by atoms with E-state index < -0.39 is 8.07 Å². The first-order valence-electron chi connectivity index (χ1n) is 8.72. The second kappa shape index (κ2) is 6.44. The topological polar surface area (TPSA) is 22.4 Å². The van der Waals surface area contributed by atoms with E-state index in [0.29, 0.717) is 0 Å². The van der Waals surface area contributed by atoms with Crippen molar-refractivity contribution in [2.24, 2.45) is 0 Å². The van der Waals surface area contributed by atoms with Gasteiger partial charge >= 0.3 is 0 Å². The first-order valence-corrected chi connectivity index (χ1v) is 11.9. The van der Waals surface area contributed by atoms with Crippen LogP contribution in [-0.2, 0) is 10.8 Å². The van der Waals surface area contributed by atoms with Crippen LogP contribution in [0.15, 0.2) is 41.0 Å². The standard InChI is InChI=1S/C21H32O2Si/c1-20(2,3)16-12-17(21(4,5)6)14-18(13-16)23-15-24(7,8)19-10-9-11-22-19/h9-14H,15H2,1-8H3. The van der Waals surface area contributed by atoms with E-state index in [1.807, 2.05) is 6.07 Å². The fourth-order valence-corrected chi connectivity index (χ4v) is 4.15. The van der Waals surface area contributed by atoms with Gasteiger partial charge in [0.05, 0.1) is 17.9 Å². The Morgan fingerprint density at radius 1 is 0.917 bits per heavy atom. The maximum Gasteiger partial charge on any atom is 0.168 e. The molecule has 0 aliphatic heterocycles. The van der Waals surface area contributed by atoms with E-state index in [0.717, 1.165) is 17.4 Å². The molecule has 1 aromatic carbocycles. The van der Waals surface area contributed by atoms with Crippen molar-refractivity contribution in [1.82, 2.24) is 0 Å². The Bertz CT molecular complexity index is 639. The lowest BCUT2D eigenvalue weighted by molar-refractivity contribution is 0.374. The molecule has 0 fully saturated rings. The van der Waals surface area contributed by atoms with Crippen molar-refractivity contribution in [2.75, 3.05) is 6.23 Å². The number of hydrogen-bond donors (Lipinski definition) is 0. The number of rotatable bonds is 4. The number of hydrogen-bond acceptors (Lipinski definition) is 2. The Morgan fingerprint density at radius 2 is 1.46 bits per heavy atom. The van der Waals surface area contributed by atoms with E-state index in [1.165, 1.54) is 11.1 Å². The molecule has 24 heavy (non-hydrogen) atoms. The van der Waals surface area contributed by atoms with Gasteiger partial charge in [-0.25, -0.2) is 0 Å². The van der Waals surface area contributed by atoms with Gasteiger partial charge in [0.25, 0.3) is 0 Å². The van der Waals surface area contributed by atoms with E-state index in [9.17, 15) is 0 Å². The molecule has 0 aliphatic rings. The third-order valence-electron chi connectivity index (χ3n) is 4.43. The van der Waals surface area contributed by atoms with Crippen LogP contribution in [0.4, 0.5) is 0 Å². The Labute approximate surface area is 148 Å². The summed E-state index contributed by atoms with van der Waals surface area (Å²) in [5.74, 6) is 0.972. The van der Waals surface area contributed by atoms with Crippen molar-refractivity contribution in [3.63, 3.8) is 0 Å². The van der Waals surface area contributed by atoms with Gasteiger partial charge in [0.2, 0.25) is 0 Å². The van der Waals surface area contributed by atoms with Gasteiger partial charge in [0.15, 0.2) is 8.07 Å². The zero-order valence-electron chi connectivity index (χ0n) is 16.5. The summed E-state index contributed by atoms with van der Waals surface area (Å²) in [6.45, 7) is 18.1. The molecule has 0 unspecified atom stereocenters. The largest absolute Gasteiger partial charge is 0.497 e. The van der Waals surface area contributed by atoms with Crippen molar-refractivity contribution >= 4 is 13.5 Å². The first-order chi connectivity index (χ1) is 10.9. The van der Waals surface area contributed by atoms with Gasteiger partial charge in [-0.2, -0.15) is 0 Å². The van der Waals surface area contributed by atoms with Gasteiger partial charge < -0.3 is 9.15 Å². The SMILES string of the molecule is CC(C)(C)c1cc(OC[Si](C)(C)c2ccco2)cc(C(C)(C)C)c1. The molecule has 0 saturated heterocycles. The Kier molecular flexibility index (Phi) is 5.05. The van der Waals surface area contributed by atoms with Crippen LogP contribution < -0.4 is 10.1 Å². The molecule has 132 valence electrons. The Morgan fingerprint density at radius 3 is 1.88 bits per heavy atom. The second-order valence-corrected chi connectivity index (χ2v) is 13.9. The highest BCUT2D eigenvalue weighted by atomic mass is 28.3. The fraction of sp³-hybridized carbons (Fsp3) is 0.524. The lowest BCUT2D eigenvalue weighted by Crippen LogP contribution is -2.46. The molecule has 1 heterocycles. The molecule has 0 aliphatic carbocycles. The third kappa shape index (κ3) is 4.53. The van der Waals surface area contributed by atoms with Gasteiger partial charge in [0.1, 0.15) is 5.75 Å². The van der Waals surface area contributed by atoms with Gasteiger partial charge in [-0.05, 0) is 46.2 Å². The van der Waals surface area contributed by atoms with Crippen molar-refractivity contribution in [3.05, 3.63) is 47.7 Å². The Hall–Kier alpha value is -1.48. The lowest BCUT2D eigenvalue weighted by Gasteiger charge is -2.27. The van der Waals surface area contributed by atoms with Crippen LogP contribution in [0.3, 0.4) is 0 Å². The van der Waals surface area contributed by atoms with Crippen LogP contribution in [0.1, 0.15) is 52.7 Å². The summed E-state index contributed by atoms with van der Waals surface area (Å²) in [6.07, 6.45) is 2.47. The summed E-state index contributed by atoms with van der Waals surface area (Å²) in [5.41, 5.74) is 2.85. The van der Waals surface area contributed by atoms with E-state index in [1.54, 1.807) is 6.26 Å². The maximum atomic E-state index is 6.27. The summed E-state index contributed by atoms with van der Waals surface area (Å²) in [4.78, 5) is 0. The van der Waals surface area contributed by atoms with E-state index in [4.69, 9.17) is 9.15 Å². The van der Waals surface area contributed by atoms with Crippen LogP contribution >= 0.6 is 0 Å². The highest BCUT2D eigenvalue weighted by molar-refractivity contribution is 6.88. The third-order valence-corrected chi connectivity index (χ3v) is 6.91. The number of furan rings is 1. The number of ether oxygens (including phenoxy) is 1. The van der Waals surface area contributed by atoms with Gasteiger partial charge in [-0.15, -0.1) is 0 Å². The second-order valence-electron chi connectivity index (χ2n) is 9.40. The summed E-state index contributed by atoms with van der Waals surface area (Å²) in [7, 11) is -1.73. The smallest absolute Gasteiger partial charge is 0.168 e. The van der Waals surface area contributed by atoms with E-state index in [-0.39, 0.29) is 10.8 Å². The maximum absolute atomic E-state index is 6.27. The molecular formula is C21H32O2Si. The minimum absolute atomic E-state index is 0.104. The van der Waals surface area contributed by atoms with Crippen molar-refractivity contribution in [3.8, 4) is 5.75 Å². The van der Waals surface area contributed by atoms with E-state index in [2.05, 4.69) is 78.9 Å². The van der Waals surface area contributed by atoms with Crippen LogP contribution in [0.25, 0.3) is 0 Å². The fourth-order valence-electron chi connectivity index (χ4n) is 2.55. The van der Waals surface area contributed by atoms with Crippen LogP contribution in [0, 0.1) is 0 Å². The lowest BCUT2D eigenvalue weighted by atomic mass is 9.80. The van der Waals surface area contributed by atoms with Crippen LogP contribution in [-0.4, -0.2) is 14.3 Å². The van der Waals surface area contributed by atoms with Crippen LogP contribution in [0.5, 0.6) is 5.75 Å². The van der Waals surface area contributed by atoms with Crippen molar-refractivity contribution < 1.29 is 9.15 Å². The highest BCUT2D eigenvalue weighted by Gasteiger charge is 2.29. The summed E-state index contributed by atoms with van der Waals surface area (Å²) >= 11 is 0. The normalized spacial score (nSPS) is 13.2. The molecule has 0 N–H and O–H groups in total. The molecule has 0 amide bonds. The molecule has 0 spiro atoms. The summed E-state index contributed by atoms with van der Waals surface area (Å²) < 4.78 is 11.9. The van der Waals surface area contributed by atoms with Gasteiger partial charge in [-0.3, -0.25) is 0 Å². The summed E-state index contributed by atoms with van der Waals surface area (Å²) in [6, 6.07) is 10.7. The molecule has 1 aromatic heterocycles. The molecule has 2 aromatic rings. The van der Waals surface area contributed by atoms with Gasteiger partial charge in [0, 0.05) is 0 Å². The average molecular weight is 345 g/mol. The van der Waals surface area contributed by atoms with E-state index >= 15 is 0 Å². The number of benzene rings is 1. The van der Waals surface area contributed by atoms with Crippen LogP contribution in [0.2, 0.25) is 13.1 Å². The summed E-state index contributed by atoms with van der Waals surface area (Å²) in [5, 5.41) is 1.09. The monoisotopic (exact) mass is 344 g/mol. The molecule has 2 nitrogen and oxygen atoms in total. The zero-order valence-corrected chi connectivity index (χ0v) is 17.5. The highest BCUT2D eigenvalue weighted by Crippen LogP contribution is 2.33. The molecular weight excluding hydrogens is 312 g/mol. The predicted molar refractivity (Wildman–Crippen MR) is 105 cm³/mol. The molecule has 0 atom stereocenters. The molecule has 0 bridgehead atoms. The molecule has 0 radical (unpaired) electrons. The minimum atomic E-state index is -1.73. The molecule has 0 saturated carbocycles. The van der Waals surface area contributed by atoms with Gasteiger partial charge in [-0.1, -0.05) is 60.7 Å². The molecule has 3 heteroatoms. The zero-order chi connectivity index (χ0) is 18.2. The Balaban J connectivity index is 2.29. The predicted octanol–water partition coefficient (Wildman–Crippen LogP) is 5.41. The first kappa shape index (κ1) is 18.8. The molecule has 2 rings (SSSR count). The average Bonchev–Trinajstić information content (AvgIpc) is 2.98. The van der Waals surface area contributed by atoms with Crippen molar-refractivity contribution in [1.29, 1.82) is 0 Å². The van der Waals surface area contributed by atoms with Crippen molar-refractivity contribution in [2.45, 2.75) is 65.5 Å². The minimum Gasteiger partial charge on any atom is -0.497 e. The quantitative estimate of drug-likeness (QED) is 0.692.